The number of carboxylic acid groups (broad SMARTS) is 1. The number of carbonyl (C=O) groups excluding carboxylic acids is 1. The van der Waals surface area contributed by atoms with Gasteiger partial charge in [0.1, 0.15) is 0 Å². The minimum atomic E-state index is -0.971. The van der Waals surface area contributed by atoms with Crippen molar-refractivity contribution in [1.82, 2.24) is 4.90 Å². The Labute approximate surface area is 124 Å². The number of nitrogens with zero attached hydrogens (tertiary/aromatic N) is 1. The fourth-order valence-electron chi connectivity index (χ4n) is 2.90. The standard InChI is InChI=1S/C16H22N2O3/c1-11(5-4-9-17)15(19)18-10-8-12-6-2-3-7-13(12)14(18)16(20)21/h2-3,6-7,11,14H,4-5,8-10,17H2,1H3,(H,20,21). The summed E-state index contributed by atoms with van der Waals surface area (Å²) in [5.41, 5.74) is 7.22. The summed E-state index contributed by atoms with van der Waals surface area (Å²) in [6.45, 7) is 2.85. The number of nitrogens with two attached hydrogens (primary N) is 1. The van der Waals surface area contributed by atoms with Crippen LogP contribution in [0.25, 0.3) is 0 Å². The lowest BCUT2D eigenvalue weighted by molar-refractivity contribution is -0.153. The Kier molecular flexibility index (Phi) is 4.96. The van der Waals surface area contributed by atoms with Gasteiger partial charge in [-0.05, 0) is 36.9 Å². The van der Waals surface area contributed by atoms with Gasteiger partial charge in [-0.1, -0.05) is 31.2 Å². The van der Waals surface area contributed by atoms with Crippen LogP contribution in [0.2, 0.25) is 0 Å². The monoisotopic (exact) mass is 290 g/mol. The molecule has 1 heterocycles. The van der Waals surface area contributed by atoms with Gasteiger partial charge in [-0.15, -0.1) is 0 Å². The highest BCUT2D eigenvalue weighted by molar-refractivity contribution is 5.86. The van der Waals surface area contributed by atoms with E-state index in [1.54, 1.807) is 6.07 Å². The maximum absolute atomic E-state index is 12.6. The Morgan fingerprint density at radius 1 is 1.43 bits per heavy atom. The second-order valence-corrected chi connectivity index (χ2v) is 5.55. The summed E-state index contributed by atoms with van der Waals surface area (Å²) in [5.74, 6) is -1.26. The van der Waals surface area contributed by atoms with Gasteiger partial charge in [0.05, 0.1) is 0 Å². The molecule has 5 nitrogen and oxygen atoms in total. The number of carboxylic acids is 1. The predicted octanol–water partition coefficient (Wildman–Crippen LogP) is 1.57. The van der Waals surface area contributed by atoms with Gasteiger partial charge in [0.15, 0.2) is 6.04 Å². The van der Waals surface area contributed by atoms with Crippen molar-refractivity contribution in [2.75, 3.05) is 13.1 Å². The van der Waals surface area contributed by atoms with Crippen LogP contribution in [-0.2, 0) is 16.0 Å². The molecule has 1 aromatic carbocycles. The molecule has 0 aromatic heterocycles. The maximum Gasteiger partial charge on any atom is 0.331 e. The molecule has 1 aromatic rings. The summed E-state index contributed by atoms with van der Waals surface area (Å²) in [4.78, 5) is 25.7. The number of amides is 1. The van der Waals surface area contributed by atoms with Gasteiger partial charge in [0, 0.05) is 12.5 Å². The largest absolute Gasteiger partial charge is 0.479 e. The van der Waals surface area contributed by atoms with E-state index in [2.05, 4.69) is 0 Å². The predicted molar refractivity (Wildman–Crippen MR) is 79.7 cm³/mol. The molecular formula is C16H22N2O3. The third kappa shape index (κ3) is 3.24. The summed E-state index contributed by atoms with van der Waals surface area (Å²) in [6, 6.07) is 6.59. The van der Waals surface area contributed by atoms with Crippen molar-refractivity contribution in [3.63, 3.8) is 0 Å². The molecule has 0 fully saturated rings. The average molecular weight is 290 g/mol. The van der Waals surface area contributed by atoms with Gasteiger partial charge in [-0.2, -0.15) is 0 Å². The highest BCUT2D eigenvalue weighted by Gasteiger charge is 2.36. The molecule has 0 spiro atoms. The van der Waals surface area contributed by atoms with Gasteiger partial charge in [-0.25, -0.2) is 4.79 Å². The molecule has 21 heavy (non-hydrogen) atoms. The zero-order valence-electron chi connectivity index (χ0n) is 12.3. The first-order valence-electron chi connectivity index (χ1n) is 7.37. The van der Waals surface area contributed by atoms with Crippen molar-refractivity contribution < 1.29 is 14.7 Å². The summed E-state index contributed by atoms with van der Waals surface area (Å²) < 4.78 is 0. The average Bonchev–Trinajstić information content (AvgIpc) is 2.50. The smallest absolute Gasteiger partial charge is 0.331 e. The van der Waals surface area contributed by atoms with Crippen LogP contribution in [0.1, 0.15) is 36.9 Å². The third-order valence-corrected chi connectivity index (χ3v) is 4.06. The first-order chi connectivity index (χ1) is 10.1. The van der Waals surface area contributed by atoms with Crippen LogP contribution in [-0.4, -0.2) is 35.0 Å². The molecule has 114 valence electrons. The van der Waals surface area contributed by atoms with Crippen molar-refractivity contribution in [3.8, 4) is 0 Å². The molecule has 1 aliphatic rings. The van der Waals surface area contributed by atoms with Crippen LogP contribution < -0.4 is 5.73 Å². The summed E-state index contributed by atoms with van der Waals surface area (Å²) in [7, 11) is 0. The molecule has 1 amide bonds. The summed E-state index contributed by atoms with van der Waals surface area (Å²) in [5, 5.41) is 9.55. The number of carbonyl (C=O) groups is 2. The van der Waals surface area contributed by atoms with E-state index in [1.807, 2.05) is 25.1 Å². The molecule has 2 atom stereocenters. The van der Waals surface area contributed by atoms with E-state index in [9.17, 15) is 14.7 Å². The number of hydrogen-bond acceptors (Lipinski definition) is 3. The van der Waals surface area contributed by atoms with E-state index in [1.165, 1.54) is 4.90 Å². The van der Waals surface area contributed by atoms with Crippen LogP contribution >= 0.6 is 0 Å². The Hall–Kier alpha value is -1.88. The van der Waals surface area contributed by atoms with E-state index in [4.69, 9.17) is 5.73 Å². The van der Waals surface area contributed by atoms with Crippen LogP contribution in [0.5, 0.6) is 0 Å². The molecule has 0 radical (unpaired) electrons. The Morgan fingerprint density at radius 3 is 2.81 bits per heavy atom. The minimum absolute atomic E-state index is 0.0923. The van der Waals surface area contributed by atoms with Crippen molar-refractivity contribution in [1.29, 1.82) is 0 Å². The lowest BCUT2D eigenvalue weighted by atomic mass is 9.91. The zero-order chi connectivity index (χ0) is 15.4. The zero-order valence-corrected chi connectivity index (χ0v) is 12.3. The van der Waals surface area contributed by atoms with Crippen molar-refractivity contribution in [2.24, 2.45) is 11.7 Å². The minimum Gasteiger partial charge on any atom is -0.479 e. The van der Waals surface area contributed by atoms with Gasteiger partial charge < -0.3 is 15.7 Å². The first-order valence-corrected chi connectivity index (χ1v) is 7.37. The molecule has 0 saturated heterocycles. The van der Waals surface area contributed by atoms with Crippen molar-refractivity contribution in [2.45, 2.75) is 32.2 Å². The molecule has 2 rings (SSSR count). The molecule has 5 heteroatoms. The number of hydrogen-bond donors (Lipinski definition) is 2. The molecule has 0 aliphatic carbocycles. The topological polar surface area (TPSA) is 83.6 Å². The van der Waals surface area contributed by atoms with Crippen molar-refractivity contribution in [3.05, 3.63) is 35.4 Å². The van der Waals surface area contributed by atoms with E-state index < -0.39 is 12.0 Å². The first kappa shape index (κ1) is 15.5. The Bertz CT molecular complexity index is 530. The SMILES string of the molecule is CC(CCCN)C(=O)N1CCc2ccccc2C1C(=O)O. The second-order valence-electron chi connectivity index (χ2n) is 5.55. The molecule has 3 N–H and O–H groups in total. The van der Waals surface area contributed by atoms with E-state index in [-0.39, 0.29) is 11.8 Å². The van der Waals surface area contributed by atoms with E-state index in [0.717, 1.165) is 17.5 Å². The number of rotatable bonds is 5. The van der Waals surface area contributed by atoms with Gasteiger partial charge >= 0.3 is 5.97 Å². The van der Waals surface area contributed by atoms with Crippen molar-refractivity contribution >= 4 is 11.9 Å². The molecular weight excluding hydrogens is 268 g/mol. The normalized spacial score (nSPS) is 19.0. The van der Waals surface area contributed by atoms with Gasteiger partial charge in [-0.3, -0.25) is 4.79 Å². The lowest BCUT2D eigenvalue weighted by Crippen LogP contribution is -2.45. The maximum atomic E-state index is 12.6. The molecule has 2 unspecified atom stereocenters. The summed E-state index contributed by atoms with van der Waals surface area (Å²) >= 11 is 0. The lowest BCUT2D eigenvalue weighted by Gasteiger charge is -2.36. The van der Waals surface area contributed by atoms with Crippen LogP contribution in [0.3, 0.4) is 0 Å². The van der Waals surface area contributed by atoms with Gasteiger partial charge in [0.25, 0.3) is 0 Å². The molecule has 1 aliphatic heterocycles. The summed E-state index contributed by atoms with van der Waals surface area (Å²) in [6.07, 6.45) is 2.17. The van der Waals surface area contributed by atoms with Crippen LogP contribution in [0.4, 0.5) is 0 Å². The Balaban J connectivity index is 2.24. The quantitative estimate of drug-likeness (QED) is 0.862. The third-order valence-electron chi connectivity index (χ3n) is 4.06. The van der Waals surface area contributed by atoms with Gasteiger partial charge in [0.2, 0.25) is 5.91 Å². The highest BCUT2D eigenvalue weighted by atomic mass is 16.4. The highest BCUT2D eigenvalue weighted by Crippen LogP contribution is 2.31. The fourth-order valence-corrected chi connectivity index (χ4v) is 2.90. The molecule has 0 bridgehead atoms. The Morgan fingerprint density at radius 2 is 2.14 bits per heavy atom. The number of benzene rings is 1. The van der Waals surface area contributed by atoms with Crippen LogP contribution in [0.15, 0.2) is 24.3 Å². The van der Waals surface area contributed by atoms with Crippen LogP contribution in [0, 0.1) is 5.92 Å². The van der Waals surface area contributed by atoms with E-state index in [0.29, 0.717) is 25.9 Å². The number of fused-ring (bicyclic) bond motifs is 1. The second kappa shape index (κ2) is 6.72. The van der Waals surface area contributed by atoms with E-state index >= 15 is 0 Å². The fraction of sp³-hybridized carbons (Fsp3) is 0.500. The number of aliphatic carboxylic acids is 1. The molecule has 0 saturated carbocycles.